The first-order valence-corrected chi connectivity index (χ1v) is 7.50. The highest BCUT2D eigenvalue weighted by Crippen LogP contribution is 2.25. The molecule has 0 aliphatic carbocycles. The number of rotatable bonds is 7. The van der Waals surface area contributed by atoms with E-state index in [4.69, 9.17) is 0 Å². The Labute approximate surface area is 124 Å². The standard InChI is InChI=1S/C16H20O3S/c1-10(2)9-15(19)13-5-7-14(8-6-13)20-16(11(3)17)12(4)18/h5-8,10,16H,9H2,1-4H3. The summed E-state index contributed by atoms with van der Waals surface area (Å²) in [5.74, 6) is 0.146. The molecule has 108 valence electrons. The van der Waals surface area contributed by atoms with Crippen molar-refractivity contribution in [3.8, 4) is 0 Å². The lowest BCUT2D eigenvalue weighted by molar-refractivity contribution is -0.123. The Hall–Kier alpha value is -1.42. The maximum absolute atomic E-state index is 11.9. The van der Waals surface area contributed by atoms with Crippen molar-refractivity contribution in [1.82, 2.24) is 0 Å². The van der Waals surface area contributed by atoms with Crippen LogP contribution in [0.15, 0.2) is 29.2 Å². The molecule has 0 amide bonds. The fourth-order valence-electron chi connectivity index (χ4n) is 1.80. The van der Waals surface area contributed by atoms with Crippen molar-refractivity contribution >= 4 is 29.1 Å². The molecule has 0 fully saturated rings. The van der Waals surface area contributed by atoms with Gasteiger partial charge in [-0.25, -0.2) is 0 Å². The minimum Gasteiger partial charge on any atom is -0.298 e. The van der Waals surface area contributed by atoms with Crippen LogP contribution in [0.1, 0.15) is 44.5 Å². The Kier molecular flexibility index (Phi) is 6.14. The molecule has 1 aromatic rings. The monoisotopic (exact) mass is 292 g/mol. The van der Waals surface area contributed by atoms with Gasteiger partial charge in [0.05, 0.1) is 0 Å². The predicted molar refractivity (Wildman–Crippen MR) is 81.2 cm³/mol. The molecular weight excluding hydrogens is 272 g/mol. The lowest BCUT2D eigenvalue weighted by Crippen LogP contribution is -2.21. The van der Waals surface area contributed by atoms with E-state index in [2.05, 4.69) is 0 Å². The molecule has 1 rings (SSSR count). The summed E-state index contributed by atoms with van der Waals surface area (Å²) in [4.78, 5) is 35.5. The molecule has 0 aliphatic heterocycles. The third-order valence-electron chi connectivity index (χ3n) is 2.76. The van der Waals surface area contributed by atoms with Gasteiger partial charge in [0.15, 0.2) is 17.3 Å². The number of ketones is 3. The molecule has 0 N–H and O–H groups in total. The third kappa shape index (κ3) is 4.93. The molecule has 0 atom stereocenters. The largest absolute Gasteiger partial charge is 0.298 e. The topological polar surface area (TPSA) is 51.2 Å². The lowest BCUT2D eigenvalue weighted by atomic mass is 10.0. The molecule has 0 radical (unpaired) electrons. The van der Waals surface area contributed by atoms with E-state index in [1.165, 1.54) is 25.6 Å². The normalized spacial score (nSPS) is 10.9. The van der Waals surface area contributed by atoms with Gasteiger partial charge in [0, 0.05) is 16.9 Å². The molecule has 0 saturated heterocycles. The van der Waals surface area contributed by atoms with E-state index < -0.39 is 5.25 Å². The number of thioether (sulfide) groups is 1. The first kappa shape index (κ1) is 16.6. The average molecular weight is 292 g/mol. The Morgan fingerprint density at radius 1 is 1.00 bits per heavy atom. The van der Waals surface area contributed by atoms with Crippen molar-refractivity contribution in [3.63, 3.8) is 0 Å². The highest BCUT2D eigenvalue weighted by molar-refractivity contribution is 8.01. The average Bonchev–Trinajstić information content (AvgIpc) is 2.35. The van der Waals surface area contributed by atoms with E-state index in [0.29, 0.717) is 17.9 Å². The zero-order chi connectivity index (χ0) is 15.3. The number of hydrogen-bond donors (Lipinski definition) is 0. The van der Waals surface area contributed by atoms with Crippen LogP contribution < -0.4 is 0 Å². The fraction of sp³-hybridized carbons (Fsp3) is 0.438. The second kappa shape index (κ2) is 7.39. The first-order chi connectivity index (χ1) is 9.31. The molecule has 3 nitrogen and oxygen atoms in total. The maximum atomic E-state index is 11.9. The summed E-state index contributed by atoms with van der Waals surface area (Å²) in [5.41, 5.74) is 0.672. The van der Waals surface area contributed by atoms with Crippen LogP contribution >= 0.6 is 11.8 Å². The quantitative estimate of drug-likeness (QED) is 0.438. The summed E-state index contributed by atoms with van der Waals surface area (Å²) >= 11 is 1.23. The van der Waals surface area contributed by atoms with Crippen LogP contribution in [0.4, 0.5) is 0 Å². The SMILES string of the molecule is CC(=O)C(Sc1ccc(C(=O)CC(C)C)cc1)C(C)=O. The van der Waals surface area contributed by atoms with Gasteiger partial charge >= 0.3 is 0 Å². The van der Waals surface area contributed by atoms with Crippen molar-refractivity contribution in [2.24, 2.45) is 5.92 Å². The Bertz CT molecular complexity index is 489. The number of Topliss-reactive ketones (excluding diaryl/α,β-unsaturated/α-hetero) is 3. The number of hydrogen-bond acceptors (Lipinski definition) is 4. The number of carbonyl (C=O) groups is 3. The van der Waals surface area contributed by atoms with Crippen molar-refractivity contribution in [2.45, 2.75) is 44.3 Å². The van der Waals surface area contributed by atoms with E-state index >= 15 is 0 Å². The highest BCUT2D eigenvalue weighted by Gasteiger charge is 2.20. The summed E-state index contributed by atoms with van der Waals surface area (Å²) in [5, 5.41) is -0.660. The molecule has 0 spiro atoms. The first-order valence-electron chi connectivity index (χ1n) is 6.62. The van der Waals surface area contributed by atoms with E-state index in [9.17, 15) is 14.4 Å². The van der Waals surface area contributed by atoms with Crippen molar-refractivity contribution < 1.29 is 14.4 Å². The minimum atomic E-state index is -0.660. The van der Waals surface area contributed by atoms with Gasteiger partial charge in [-0.05, 0) is 31.9 Å². The molecule has 1 aromatic carbocycles. The highest BCUT2D eigenvalue weighted by atomic mass is 32.2. The maximum Gasteiger partial charge on any atom is 0.163 e. The van der Waals surface area contributed by atoms with E-state index in [0.717, 1.165) is 4.90 Å². The molecule has 0 unspecified atom stereocenters. The van der Waals surface area contributed by atoms with Crippen molar-refractivity contribution in [2.75, 3.05) is 0 Å². The third-order valence-corrected chi connectivity index (χ3v) is 4.21. The Morgan fingerprint density at radius 3 is 1.90 bits per heavy atom. The molecule has 0 bridgehead atoms. The van der Waals surface area contributed by atoms with Gasteiger partial charge in [-0.15, -0.1) is 11.8 Å². The molecule has 0 saturated carbocycles. The molecule has 0 aliphatic rings. The van der Waals surface area contributed by atoms with Gasteiger partial charge in [-0.3, -0.25) is 14.4 Å². The smallest absolute Gasteiger partial charge is 0.163 e. The Morgan fingerprint density at radius 2 is 1.50 bits per heavy atom. The molecular formula is C16H20O3S. The second-order valence-corrected chi connectivity index (χ2v) is 6.44. The zero-order valence-corrected chi connectivity index (χ0v) is 13.1. The number of benzene rings is 1. The van der Waals surface area contributed by atoms with Gasteiger partial charge in [-0.2, -0.15) is 0 Å². The summed E-state index contributed by atoms with van der Waals surface area (Å²) in [6.07, 6.45) is 0.524. The van der Waals surface area contributed by atoms with Crippen LogP contribution in [0.25, 0.3) is 0 Å². The van der Waals surface area contributed by atoms with Gasteiger partial charge in [0.1, 0.15) is 5.25 Å². The zero-order valence-electron chi connectivity index (χ0n) is 12.3. The van der Waals surface area contributed by atoms with Crippen LogP contribution in [-0.4, -0.2) is 22.6 Å². The summed E-state index contributed by atoms with van der Waals surface area (Å²) in [6.45, 7) is 6.85. The molecule has 0 aromatic heterocycles. The Balaban J connectivity index is 2.78. The molecule has 20 heavy (non-hydrogen) atoms. The summed E-state index contributed by atoms with van der Waals surface area (Å²) in [6, 6.07) is 7.09. The summed E-state index contributed by atoms with van der Waals surface area (Å²) < 4.78 is 0. The second-order valence-electron chi connectivity index (χ2n) is 5.26. The van der Waals surface area contributed by atoms with Crippen molar-refractivity contribution in [1.29, 1.82) is 0 Å². The van der Waals surface area contributed by atoms with Gasteiger partial charge in [0.25, 0.3) is 0 Å². The van der Waals surface area contributed by atoms with Crippen LogP contribution in [0.2, 0.25) is 0 Å². The minimum absolute atomic E-state index is 0.117. The van der Waals surface area contributed by atoms with Crippen LogP contribution in [-0.2, 0) is 9.59 Å². The number of carbonyl (C=O) groups excluding carboxylic acids is 3. The van der Waals surface area contributed by atoms with Crippen molar-refractivity contribution in [3.05, 3.63) is 29.8 Å². The van der Waals surface area contributed by atoms with E-state index in [-0.39, 0.29) is 17.3 Å². The lowest BCUT2D eigenvalue weighted by Gasteiger charge is -2.10. The van der Waals surface area contributed by atoms with E-state index in [1.807, 2.05) is 13.8 Å². The van der Waals surface area contributed by atoms with Crippen LogP contribution in [0.3, 0.4) is 0 Å². The fourth-order valence-corrected chi connectivity index (χ4v) is 2.69. The molecule has 4 heteroatoms. The van der Waals surface area contributed by atoms with Gasteiger partial charge in [0.2, 0.25) is 0 Å². The van der Waals surface area contributed by atoms with E-state index in [1.54, 1.807) is 24.3 Å². The van der Waals surface area contributed by atoms with Gasteiger partial charge in [-0.1, -0.05) is 26.0 Å². The molecule has 0 heterocycles. The summed E-state index contributed by atoms with van der Waals surface area (Å²) in [7, 11) is 0. The van der Waals surface area contributed by atoms with Gasteiger partial charge < -0.3 is 0 Å². The van der Waals surface area contributed by atoms with Crippen LogP contribution in [0.5, 0.6) is 0 Å². The predicted octanol–water partition coefficient (Wildman–Crippen LogP) is 3.55. The van der Waals surface area contributed by atoms with Crippen LogP contribution in [0, 0.1) is 5.92 Å².